The zero-order chi connectivity index (χ0) is 13.2. The molecule has 0 aromatic heterocycles. The standard InChI is InChI=1S/C15H20Cl2N2/c16-12-4-5-14(17)13(10-12)15(11-2-1-3-11)19-8-6-18-7-9-19/h4-5,10-11,15,18H,1-3,6-9H2/t15-/m1/s1. The first-order chi connectivity index (χ1) is 9.25. The molecule has 2 fully saturated rings. The summed E-state index contributed by atoms with van der Waals surface area (Å²) in [5, 5.41) is 5.07. The summed E-state index contributed by atoms with van der Waals surface area (Å²) in [7, 11) is 0. The first-order valence-corrected chi connectivity index (χ1v) is 7.91. The Balaban J connectivity index is 1.90. The molecule has 0 amide bonds. The van der Waals surface area contributed by atoms with E-state index in [0.29, 0.717) is 6.04 Å². The predicted molar refractivity (Wildman–Crippen MR) is 81.0 cm³/mol. The Labute approximate surface area is 125 Å². The third-order valence-electron chi connectivity index (χ3n) is 4.42. The van der Waals surface area contributed by atoms with E-state index in [1.807, 2.05) is 12.1 Å². The van der Waals surface area contributed by atoms with Crippen LogP contribution in [0.3, 0.4) is 0 Å². The molecule has 1 aromatic carbocycles. The molecule has 1 atom stereocenters. The fourth-order valence-corrected chi connectivity index (χ4v) is 3.62. The van der Waals surface area contributed by atoms with Gasteiger partial charge in [0.2, 0.25) is 0 Å². The molecule has 19 heavy (non-hydrogen) atoms. The molecule has 2 aliphatic rings. The molecule has 1 saturated carbocycles. The van der Waals surface area contributed by atoms with E-state index >= 15 is 0 Å². The molecule has 2 nitrogen and oxygen atoms in total. The van der Waals surface area contributed by atoms with E-state index in [4.69, 9.17) is 23.2 Å². The molecule has 1 aromatic rings. The summed E-state index contributed by atoms with van der Waals surface area (Å²) >= 11 is 12.6. The van der Waals surface area contributed by atoms with E-state index in [9.17, 15) is 0 Å². The highest BCUT2D eigenvalue weighted by Gasteiger charge is 2.34. The van der Waals surface area contributed by atoms with Gasteiger partial charge in [-0.05, 0) is 42.5 Å². The van der Waals surface area contributed by atoms with Crippen LogP contribution >= 0.6 is 23.2 Å². The Morgan fingerprint density at radius 3 is 2.53 bits per heavy atom. The second-order valence-electron chi connectivity index (χ2n) is 5.59. The van der Waals surface area contributed by atoms with Crippen molar-refractivity contribution in [3.63, 3.8) is 0 Å². The molecule has 104 valence electrons. The van der Waals surface area contributed by atoms with Crippen LogP contribution in [0.5, 0.6) is 0 Å². The zero-order valence-corrected chi connectivity index (χ0v) is 12.6. The van der Waals surface area contributed by atoms with Gasteiger partial charge in [-0.3, -0.25) is 4.90 Å². The Morgan fingerprint density at radius 2 is 1.89 bits per heavy atom. The lowest BCUT2D eigenvalue weighted by atomic mass is 9.76. The van der Waals surface area contributed by atoms with E-state index < -0.39 is 0 Å². The summed E-state index contributed by atoms with van der Waals surface area (Å²) in [6.07, 6.45) is 3.99. The van der Waals surface area contributed by atoms with Crippen molar-refractivity contribution in [3.05, 3.63) is 33.8 Å². The lowest BCUT2D eigenvalue weighted by Crippen LogP contribution is -2.47. The number of halogens is 2. The second-order valence-corrected chi connectivity index (χ2v) is 6.43. The number of nitrogens with one attached hydrogen (secondary N) is 1. The van der Waals surface area contributed by atoms with Crippen LogP contribution in [-0.4, -0.2) is 31.1 Å². The van der Waals surface area contributed by atoms with E-state index in [-0.39, 0.29) is 0 Å². The number of rotatable bonds is 3. The van der Waals surface area contributed by atoms with Gasteiger partial charge in [-0.1, -0.05) is 29.6 Å². The van der Waals surface area contributed by atoms with E-state index in [2.05, 4.69) is 16.3 Å². The molecule has 1 heterocycles. The molecule has 0 spiro atoms. The smallest absolute Gasteiger partial charge is 0.0455 e. The number of hydrogen-bond donors (Lipinski definition) is 1. The number of benzene rings is 1. The molecule has 1 saturated heterocycles. The van der Waals surface area contributed by atoms with Crippen LogP contribution in [0.25, 0.3) is 0 Å². The van der Waals surface area contributed by atoms with Crippen molar-refractivity contribution < 1.29 is 0 Å². The summed E-state index contributed by atoms with van der Waals surface area (Å²) in [5.41, 5.74) is 1.22. The Morgan fingerprint density at radius 1 is 1.16 bits per heavy atom. The maximum atomic E-state index is 6.43. The zero-order valence-electron chi connectivity index (χ0n) is 11.0. The second kappa shape index (κ2) is 6.01. The average Bonchev–Trinajstić information content (AvgIpc) is 2.38. The lowest BCUT2D eigenvalue weighted by Gasteiger charge is -2.43. The van der Waals surface area contributed by atoms with Crippen molar-refractivity contribution in [1.82, 2.24) is 10.2 Å². The Kier molecular flexibility index (Phi) is 4.33. The van der Waals surface area contributed by atoms with Crippen LogP contribution in [0.1, 0.15) is 30.9 Å². The highest BCUT2D eigenvalue weighted by molar-refractivity contribution is 6.33. The molecular weight excluding hydrogens is 279 g/mol. The van der Waals surface area contributed by atoms with Gasteiger partial charge in [0.15, 0.2) is 0 Å². The van der Waals surface area contributed by atoms with Crippen molar-refractivity contribution in [1.29, 1.82) is 0 Å². The summed E-state index contributed by atoms with van der Waals surface area (Å²) in [6.45, 7) is 4.34. The van der Waals surface area contributed by atoms with Crippen LogP contribution in [-0.2, 0) is 0 Å². The summed E-state index contributed by atoms with van der Waals surface area (Å²) in [4.78, 5) is 2.58. The van der Waals surface area contributed by atoms with Gasteiger partial charge in [0.1, 0.15) is 0 Å². The van der Waals surface area contributed by atoms with E-state index in [1.165, 1.54) is 24.8 Å². The van der Waals surface area contributed by atoms with Crippen molar-refractivity contribution in [3.8, 4) is 0 Å². The van der Waals surface area contributed by atoms with Crippen molar-refractivity contribution in [2.45, 2.75) is 25.3 Å². The Bertz CT molecular complexity index is 440. The lowest BCUT2D eigenvalue weighted by molar-refractivity contribution is 0.0838. The molecule has 0 unspecified atom stereocenters. The van der Waals surface area contributed by atoms with Gasteiger partial charge < -0.3 is 5.32 Å². The van der Waals surface area contributed by atoms with Crippen LogP contribution in [0.15, 0.2) is 18.2 Å². The number of nitrogens with zero attached hydrogens (tertiary/aromatic N) is 1. The highest BCUT2D eigenvalue weighted by atomic mass is 35.5. The Hall–Kier alpha value is -0.280. The third kappa shape index (κ3) is 2.92. The molecular formula is C15H20Cl2N2. The van der Waals surface area contributed by atoms with Gasteiger partial charge in [0.25, 0.3) is 0 Å². The van der Waals surface area contributed by atoms with Crippen LogP contribution < -0.4 is 5.32 Å². The van der Waals surface area contributed by atoms with Gasteiger partial charge in [-0.2, -0.15) is 0 Å². The van der Waals surface area contributed by atoms with E-state index in [1.54, 1.807) is 0 Å². The normalized spacial score (nSPS) is 23.1. The maximum Gasteiger partial charge on any atom is 0.0455 e. The molecule has 1 N–H and O–H groups in total. The number of piperazine rings is 1. The molecule has 1 aliphatic carbocycles. The van der Waals surface area contributed by atoms with Gasteiger partial charge in [0.05, 0.1) is 0 Å². The van der Waals surface area contributed by atoms with E-state index in [0.717, 1.165) is 42.1 Å². The minimum Gasteiger partial charge on any atom is -0.314 e. The van der Waals surface area contributed by atoms with Gasteiger partial charge in [0, 0.05) is 42.3 Å². The molecule has 1 aliphatic heterocycles. The predicted octanol–water partition coefficient (Wildman–Crippen LogP) is 3.74. The highest BCUT2D eigenvalue weighted by Crippen LogP contribution is 2.44. The summed E-state index contributed by atoms with van der Waals surface area (Å²) < 4.78 is 0. The molecule has 4 heteroatoms. The molecule has 0 radical (unpaired) electrons. The molecule has 3 rings (SSSR count). The third-order valence-corrected chi connectivity index (χ3v) is 5.00. The number of hydrogen-bond acceptors (Lipinski definition) is 2. The fourth-order valence-electron chi connectivity index (χ4n) is 3.21. The summed E-state index contributed by atoms with van der Waals surface area (Å²) in [5.74, 6) is 0.745. The van der Waals surface area contributed by atoms with Gasteiger partial charge in [-0.15, -0.1) is 0 Å². The fraction of sp³-hybridized carbons (Fsp3) is 0.600. The van der Waals surface area contributed by atoms with Gasteiger partial charge in [-0.25, -0.2) is 0 Å². The van der Waals surface area contributed by atoms with Crippen LogP contribution in [0, 0.1) is 5.92 Å². The first kappa shape index (κ1) is 13.7. The monoisotopic (exact) mass is 298 g/mol. The van der Waals surface area contributed by atoms with Gasteiger partial charge >= 0.3 is 0 Å². The minimum atomic E-state index is 0.446. The summed E-state index contributed by atoms with van der Waals surface area (Å²) in [6, 6.07) is 6.33. The maximum absolute atomic E-state index is 6.43. The molecule has 0 bridgehead atoms. The largest absolute Gasteiger partial charge is 0.314 e. The van der Waals surface area contributed by atoms with Crippen molar-refractivity contribution in [2.75, 3.05) is 26.2 Å². The van der Waals surface area contributed by atoms with Crippen LogP contribution in [0.4, 0.5) is 0 Å². The topological polar surface area (TPSA) is 15.3 Å². The average molecular weight is 299 g/mol. The quantitative estimate of drug-likeness (QED) is 0.914. The van der Waals surface area contributed by atoms with Crippen molar-refractivity contribution >= 4 is 23.2 Å². The SMILES string of the molecule is Clc1ccc(Cl)c([C@@H](C2CCC2)N2CCNCC2)c1. The van der Waals surface area contributed by atoms with Crippen molar-refractivity contribution in [2.24, 2.45) is 5.92 Å². The first-order valence-electron chi connectivity index (χ1n) is 7.15. The van der Waals surface area contributed by atoms with Crippen LogP contribution in [0.2, 0.25) is 10.0 Å². The minimum absolute atomic E-state index is 0.446.